The molecule has 0 aliphatic carbocycles. The maximum absolute atomic E-state index is 13.5. The van der Waals surface area contributed by atoms with Gasteiger partial charge in [0.15, 0.2) is 0 Å². The Labute approximate surface area is 108 Å². The first-order valence-corrected chi connectivity index (χ1v) is 5.70. The predicted octanol–water partition coefficient (Wildman–Crippen LogP) is 1.63. The Morgan fingerprint density at radius 1 is 1.22 bits per heavy atom. The van der Waals surface area contributed by atoms with Gasteiger partial charge in [0.25, 0.3) is 5.56 Å². The van der Waals surface area contributed by atoms with Gasteiger partial charge >= 0.3 is 5.69 Å². The number of hydrogen-bond acceptors (Lipinski definition) is 2. The highest BCUT2D eigenvalue weighted by Crippen LogP contribution is 2.20. The van der Waals surface area contributed by atoms with Crippen LogP contribution in [0.1, 0.15) is 5.56 Å². The average molecular weight is 317 g/mol. The molecule has 18 heavy (non-hydrogen) atoms. The van der Waals surface area contributed by atoms with E-state index >= 15 is 0 Å². The Balaban J connectivity index is 2.43. The molecule has 1 heterocycles. The lowest BCUT2D eigenvalue weighted by Gasteiger charge is -2.07. The fourth-order valence-electron chi connectivity index (χ4n) is 1.44. The highest BCUT2D eigenvalue weighted by atomic mass is 79.9. The van der Waals surface area contributed by atoms with Crippen LogP contribution in [-0.4, -0.2) is 9.55 Å². The lowest BCUT2D eigenvalue weighted by Crippen LogP contribution is -2.29. The number of halogens is 3. The van der Waals surface area contributed by atoms with Crippen molar-refractivity contribution in [3.8, 4) is 0 Å². The highest BCUT2D eigenvalue weighted by molar-refractivity contribution is 9.10. The van der Waals surface area contributed by atoms with E-state index in [1.807, 2.05) is 4.98 Å². The average Bonchev–Trinajstić information content (AvgIpc) is 2.29. The Morgan fingerprint density at radius 3 is 2.61 bits per heavy atom. The molecular weight excluding hydrogens is 310 g/mol. The number of nitrogens with one attached hydrogen (secondary N) is 1. The molecule has 0 aliphatic rings. The summed E-state index contributed by atoms with van der Waals surface area (Å²) in [4.78, 5) is 24.3. The fraction of sp³-hybridized carbons (Fsp3) is 0.0909. The Morgan fingerprint density at radius 2 is 1.94 bits per heavy atom. The first-order valence-electron chi connectivity index (χ1n) is 4.90. The summed E-state index contributed by atoms with van der Waals surface area (Å²) in [6, 6.07) is 3.12. The van der Waals surface area contributed by atoms with E-state index in [2.05, 4.69) is 15.9 Å². The molecule has 94 valence electrons. The van der Waals surface area contributed by atoms with E-state index in [9.17, 15) is 18.4 Å². The Kier molecular flexibility index (Phi) is 3.42. The monoisotopic (exact) mass is 316 g/mol. The van der Waals surface area contributed by atoms with Crippen LogP contribution in [0.25, 0.3) is 0 Å². The molecule has 0 bridgehead atoms. The van der Waals surface area contributed by atoms with Crippen molar-refractivity contribution in [1.29, 1.82) is 0 Å². The number of nitrogens with zero attached hydrogens (tertiary/aromatic N) is 1. The standard InChI is InChI=1S/C11H7BrF2N2O2/c12-7-4-8(13)6(3-9(7)14)5-16-2-1-10(17)15-11(16)18/h1-4H,5H2,(H,15,17,18). The van der Waals surface area contributed by atoms with Crippen molar-refractivity contribution in [3.05, 3.63) is 66.9 Å². The van der Waals surface area contributed by atoms with E-state index in [-0.39, 0.29) is 16.6 Å². The summed E-state index contributed by atoms with van der Waals surface area (Å²) in [5.41, 5.74) is -1.20. The summed E-state index contributed by atoms with van der Waals surface area (Å²) >= 11 is 2.86. The number of aromatic nitrogens is 2. The van der Waals surface area contributed by atoms with Gasteiger partial charge in [-0.3, -0.25) is 14.3 Å². The topological polar surface area (TPSA) is 54.9 Å². The number of aromatic amines is 1. The normalized spacial score (nSPS) is 10.6. The second-order valence-electron chi connectivity index (χ2n) is 3.60. The number of rotatable bonds is 2. The SMILES string of the molecule is O=c1ccn(Cc2cc(F)c(Br)cc2F)c(=O)[nH]1. The first-order chi connectivity index (χ1) is 8.47. The Hall–Kier alpha value is -1.76. The van der Waals surface area contributed by atoms with Crippen molar-refractivity contribution in [2.24, 2.45) is 0 Å². The van der Waals surface area contributed by atoms with Crippen LogP contribution in [0, 0.1) is 11.6 Å². The second-order valence-corrected chi connectivity index (χ2v) is 4.45. The Bertz CT molecular complexity index is 709. The lowest BCUT2D eigenvalue weighted by molar-refractivity contribution is 0.568. The molecule has 0 amide bonds. The molecule has 0 atom stereocenters. The molecule has 1 aromatic carbocycles. The molecule has 1 N–H and O–H groups in total. The molecule has 0 radical (unpaired) electrons. The minimum Gasteiger partial charge on any atom is -0.296 e. The summed E-state index contributed by atoms with van der Waals surface area (Å²) in [6.45, 7) is -0.161. The smallest absolute Gasteiger partial charge is 0.296 e. The molecule has 0 saturated carbocycles. The summed E-state index contributed by atoms with van der Waals surface area (Å²) in [6.07, 6.45) is 1.22. The van der Waals surface area contributed by atoms with Crippen molar-refractivity contribution in [2.45, 2.75) is 6.54 Å². The summed E-state index contributed by atoms with van der Waals surface area (Å²) in [5.74, 6) is -1.26. The van der Waals surface area contributed by atoms with Crippen LogP contribution in [0.3, 0.4) is 0 Å². The molecule has 4 nitrogen and oxygen atoms in total. The van der Waals surface area contributed by atoms with Gasteiger partial charge < -0.3 is 0 Å². The lowest BCUT2D eigenvalue weighted by atomic mass is 10.2. The van der Waals surface area contributed by atoms with Crippen LogP contribution < -0.4 is 11.2 Å². The quantitative estimate of drug-likeness (QED) is 0.856. The molecule has 2 rings (SSSR count). The fourth-order valence-corrected chi connectivity index (χ4v) is 1.75. The van der Waals surface area contributed by atoms with Crippen LogP contribution in [0.5, 0.6) is 0 Å². The second kappa shape index (κ2) is 4.85. The number of H-pyrrole nitrogens is 1. The van der Waals surface area contributed by atoms with Crippen LogP contribution in [0.2, 0.25) is 0 Å². The van der Waals surface area contributed by atoms with E-state index in [0.717, 1.165) is 22.8 Å². The third-order valence-corrected chi connectivity index (χ3v) is 2.93. The van der Waals surface area contributed by atoms with Crippen LogP contribution >= 0.6 is 15.9 Å². The molecule has 0 aliphatic heterocycles. The van der Waals surface area contributed by atoms with Gasteiger partial charge in [-0.1, -0.05) is 0 Å². The van der Waals surface area contributed by atoms with Crippen molar-refractivity contribution in [2.75, 3.05) is 0 Å². The van der Waals surface area contributed by atoms with Crippen molar-refractivity contribution >= 4 is 15.9 Å². The molecular formula is C11H7BrF2N2O2. The van der Waals surface area contributed by atoms with Crippen LogP contribution in [0.15, 0.2) is 38.5 Å². The van der Waals surface area contributed by atoms with E-state index in [4.69, 9.17) is 0 Å². The van der Waals surface area contributed by atoms with Crippen molar-refractivity contribution in [3.63, 3.8) is 0 Å². The zero-order valence-corrected chi connectivity index (χ0v) is 10.5. The van der Waals surface area contributed by atoms with Gasteiger partial charge in [-0.05, 0) is 28.1 Å². The minimum absolute atomic E-state index is 0.0116. The predicted molar refractivity (Wildman–Crippen MR) is 64.5 cm³/mol. The molecule has 0 saturated heterocycles. The summed E-state index contributed by atoms with van der Waals surface area (Å²) < 4.78 is 27.9. The summed E-state index contributed by atoms with van der Waals surface area (Å²) in [5, 5.41) is 0. The third kappa shape index (κ3) is 2.56. The van der Waals surface area contributed by atoms with Gasteiger partial charge in [0.05, 0.1) is 11.0 Å². The van der Waals surface area contributed by atoms with Gasteiger partial charge in [-0.15, -0.1) is 0 Å². The first kappa shape index (κ1) is 12.7. The maximum atomic E-state index is 13.5. The van der Waals surface area contributed by atoms with E-state index in [0.29, 0.717) is 0 Å². The van der Waals surface area contributed by atoms with E-state index in [1.165, 1.54) is 6.20 Å². The molecule has 7 heteroatoms. The van der Waals surface area contributed by atoms with Gasteiger partial charge in [0.1, 0.15) is 11.6 Å². The third-order valence-electron chi connectivity index (χ3n) is 2.33. The van der Waals surface area contributed by atoms with Crippen molar-refractivity contribution in [1.82, 2.24) is 9.55 Å². The van der Waals surface area contributed by atoms with Crippen LogP contribution in [0.4, 0.5) is 8.78 Å². The van der Waals surface area contributed by atoms with Crippen LogP contribution in [-0.2, 0) is 6.54 Å². The maximum Gasteiger partial charge on any atom is 0.328 e. The minimum atomic E-state index is -0.676. The number of benzene rings is 1. The molecule has 0 unspecified atom stereocenters. The van der Waals surface area contributed by atoms with E-state index < -0.39 is 22.9 Å². The van der Waals surface area contributed by atoms with Gasteiger partial charge in [-0.2, -0.15) is 0 Å². The van der Waals surface area contributed by atoms with Gasteiger partial charge in [-0.25, -0.2) is 13.6 Å². The molecule has 0 fully saturated rings. The molecule has 0 spiro atoms. The largest absolute Gasteiger partial charge is 0.328 e. The van der Waals surface area contributed by atoms with Crippen molar-refractivity contribution < 1.29 is 8.78 Å². The zero-order chi connectivity index (χ0) is 13.3. The molecule has 2 aromatic rings. The van der Waals surface area contributed by atoms with E-state index in [1.54, 1.807) is 0 Å². The number of hydrogen-bond donors (Lipinski definition) is 1. The van der Waals surface area contributed by atoms with Gasteiger partial charge in [0, 0.05) is 17.8 Å². The summed E-state index contributed by atoms with van der Waals surface area (Å²) in [7, 11) is 0. The molecule has 1 aromatic heterocycles. The van der Waals surface area contributed by atoms with Gasteiger partial charge in [0.2, 0.25) is 0 Å². The zero-order valence-electron chi connectivity index (χ0n) is 8.91. The highest BCUT2D eigenvalue weighted by Gasteiger charge is 2.09.